The lowest BCUT2D eigenvalue weighted by Crippen LogP contribution is -2.14. The molecule has 0 heterocycles. The van der Waals surface area contributed by atoms with Gasteiger partial charge in [0.2, 0.25) is 0 Å². The van der Waals surface area contributed by atoms with Crippen molar-refractivity contribution >= 4 is 22.5 Å². The quantitative estimate of drug-likeness (QED) is 0.566. The van der Waals surface area contributed by atoms with Crippen LogP contribution in [-0.2, 0) is 0 Å². The van der Waals surface area contributed by atoms with Crippen LogP contribution in [0.2, 0.25) is 0 Å². The lowest BCUT2D eigenvalue weighted by Gasteiger charge is -2.21. The van der Waals surface area contributed by atoms with E-state index in [9.17, 15) is 0 Å². The Labute approximate surface area is 81.5 Å². The fourth-order valence-electron chi connectivity index (χ4n) is 0.560. The predicted octanol–water partition coefficient (Wildman–Crippen LogP) is 4.03. The van der Waals surface area contributed by atoms with E-state index in [1.807, 2.05) is 0 Å². The van der Waals surface area contributed by atoms with Gasteiger partial charge < -0.3 is 0 Å². The molecule has 1 unspecified atom stereocenters. The average molecular weight is 204 g/mol. The van der Waals surface area contributed by atoms with Crippen molar-refractivity contribution in [1.82, 2.24) is 0 Å². The van der Waals surface area contributed by atoms with Gasteiger partial charge in [-0.05, 0) is 22.0 Å². The summed E-state index contributed by atoms with van der Waals surface area (Å²) in [6.45, 7) is 13.7. The minimum absolute atomic E-state index is 0.345. The summed E-state index contributed by atoms with van der Waals surface area (Å²) in [5, 5.41) is 1.51. The van der Waals surface area contributed by atoms with Crippen LogP contribution in [0.15, 0.2) is 0 Å². The molecule has 0 rings (SSSR count). The van der Waals surface area contributed by atoms with E-state index in [1.54, 1.807) is 0 Å². The van der Waals surface area contributed by atoms with Crippen molar-refractivity contribution in [3.63, 3.8) is 0 Å². The molecule has 0 aliphatic rings. The third-order valence-electron chi connectivity index (χ3n) is 1.49. The molecular formula is C10H22P2. The lowest BCUT2D eigenvalue weighted by atomic mass is 10.0. The van der Waals surface area contributed by atoms with E-state index in [0.29, 0.717) is 10.8 Å². The molecule has 72 valence electrons. The molecule has 0 saturated carbocycles. The van der Waals surface area contributed by atoms with Gasteiger partial charge in [0.15, 0.2) is 0 Å². The van der Waals surface area contributed by atoms with Crippen LogP contribution in [0.1, 0.15) is 41.5 Å². The van der Waals surface area contributed by atoms with Crippen LogP contribution in [0, 0.1) is 10.8 Å². The fourth-order valence-corrected chi connectivity index (χ4v) is 1.95. The second kappa shape index (κ2) is 4.21. The molecule has 0 nitrogen and oxygen atoms in total. The third-order valence-corrected chi connectivity index (χ3v) is 5.02. The zero-order valence-corrected chi connectivity index (χ0v) is 11.3. The van der Waals surface area contributed by atoms with Crippen molar-refractivity contribution in [1.29, 1.82) is 0 Å². The summed E-state index contributed by atoms with van der Waals surface area (Å²) < 4.78 is 0. The van der Waals surface area contributed by atoms with Crippen molar-refractivity contribution in [3.8, 4) is 0 Å². The summed E-state index contributed by atoms with van der Waals surface area (Å²) in [5.41, 5.74) is 0.798. The fraction of sp³-hybridized carbons (Fsp3) is 0.900. The molecule has 0 spiro atoms. The Bertz CT molecular complexity index is 167. The molecule has 1 atom stereocenters. The highest BCUT2D eigenvalue weighted by atomic mass is 31.1. The summed E-state index contributed by atoms with van der Waals surface area (Å²) in [5.74, 6) is 0. The Hall–Kier alpha value is 0.600. The van der Waals surface area contributed by atoms with Crippen LogP contribution in [0.4, 0.5) is 0 Å². The highest BCUT2D eigenvalue weighted by Crippen LogP contribution is 2.29. The van der Waals surface area contributed by atoms with Crippen LogP contribution in [0.25, 0.3) is 0 Å². The monoisotopic (exact) mass is 204 g/mol. The Morgan fingerprint density at radius 3 is 1.75 bits per heavy atom. The lowest BCUT2D eigenvalue weighted by molar-refractivity contribution is 0.480. The SMILES string of the molecule is CC(C)(C)CP=C(P)C(C)(C)C. The molecule has 0 saturated heterocycles. The van der Waals surface area contributed by atoms with Gasteiger partial charge in [0.05, 0.1) is 0 Å². The van der Waals surface area contributed by atoms with Gasteiger partial charge in [0.1, 0.15) is 0 Å². The Morgan fingerprint density at radius 2 is 1.50 bits per heavy atom. The van der Waals surface area contributed by atoms with Gasteiger partial charge in [0, 0.05) is 0 Å². The van der Waals surface area contributed by atoms with E-state index in [2.05, 4.69) is 50.8 Å². The van der Waals surface area contributed by atoms with E-state index < -0.39 is 0 Å². The zero-order chi connectivity index (χ0) is 9.99. The summed E-state index contributed by atoms with van der Waals surface area (Å²) in [6.07, 6.45) is 1.25. The highest BCUT2D eigenvalue weighted by Gasteiger charge is 2.15. The number of hydrogen-bond donors (Lipinski definition) is 0. The van der Waals surface area contributed by atoms with Gasteiger partial charge >= 0.3 is 0 Å². The second-order valence-corrected chi connectivity index (χ2v) is 7.69. The Morgan fingerprint density at radius 1 is 1.08 bits per heavy atom. The van der Waals surface area contributed by atoms with Crippen molar-refractivity contribution in [2.24, 2.45) is 10.8 Å². The molecule has 0 aliphatic heterocycles. The van der Waals surface area contributed by atoms with Crippen LogP contribution >= 0.6 is 17.4 Å². The normalized spacial score (nSPS) is 15.1. The Balaban J connectivity index is 4.21. The minimum Gasteiger partial charge on any atom is -0.105 e. The number of hydrogen-bond acceptors (Lipinski definition) is 0. The van der Waals surface area contributed by atoms with Gasteiger partial charge in [-0.3, -0.25) is 0 Å². The van der Waals surface area contributed by atoms with Gasteiger partial charge in [0.25, 0.3) is 0 Å². The van der Waals surface area contributed by atoms with E-state index in [4.69, 9.17) is 0 Å². The minimum atomic E-state index is 0.345. The molecule has 0 radical (unpaired) electrons. The first-order valence-corrected chi connectivity index (χ1v) is 6.09. The maximum Gasteiger partial charge on any atom is -0.00545 e. The first-order chi connectivity index (χ1) is 5.13. The Kier molecular flexibility index (Phi) is 4.42. The largest absolute Gasteiger partial charge is 0.105 e. The summed E-state index contributed by atoms with van der Waals surface area (Å²) in [7, 11) is 4.37. The molecule has 0 aliphatic carbocycles. The molecular weight excluding hydrogens is 182 g/mol. The average Bonchev–Trinajstić information content (AvgIpc) is 1.78. The molecule has 0 amide bonds. The van der Waals surface area contributed by atoms with Gasteiger partial charge in [-0.1, -0.05) is 49.7 Å². The van der Waals surface area contributed by atoms with Crippen LogP contribution in [0.3, 0.4) is 0 Å². The van der Waals surface area contributed by atoms with Crippen LogP contribution < -0.4 is 0 Å². The van der Waals surface area contributed by atoms with Crippen molar-refractivity contribution in [3.05, 3.63) is 0 Å². The molecule has 0 bridgehead atoms. The maximum absolute atomic E-state index is 2.89. The van der Waals surface area contributed by atoms with E-state index in [-0.39, 0.29) is 0 Å². The van der Waals surface area contributed by atoms with Crippen molar-refractivity contribution in [2.45, 2.75) is 41.5 Å². The molecule has 2 heteroatoms. The number of rotatable bonds is 1. The van der Waals surface area contributed by atoms with Crippen molar-refractivity contribution in [2.75, 3.05) is 6.16 Å². The van der Waals surface area contributed by atoms with E-state index >= 15 is 0 Å². The molecule has 0 aromatic carbocycles. The van der Waals surface area contributed by atoms with Gasteiger partial charge in [-0.25, -0.2) is 0 Å². The molecule has 0 fully saturated rings. The van der Waals surface area contributed by atoms with Crippen LogP contribution in [0.5, 0.6) is 0 Å². The molecule has 0 N–H and O–H groups in total. The van der Waals surface area contributed by atoms with E-state index in [1.165, 1.54) is 19.4 Å². The molecule has 12 heavy (non-hydrogen) atoms. The predicted molar refractivity (Wildman–Crippen MR) is 65.4 cm³/mol. The third kappa shape index (κ3) is 6.15. The first-order valence-electron chi connectivity index (χ1n) is 4.43. The summed E-state index contributed by atoms with van der Waals surface area (Å²) in [6, 6.07) is 0. The van der Waals surface area contributed by atoms with Gasteiger partial charge in [-0.2, -0.15) is 0 Å². The second-order valence-electron chi connectivity index (χ2n) is 5.51. The standard InChI is InChI=1S/C10H22P2/c1-9(2,3)7-12-8(11)10(4,5)6/h7,11H2,1-6H3. The smallest absolute Gasteiger partial charge is 0.00545 e. The summed E-state index contributed by atoms with van der Waals surface area (Å²) in [4.78, 5) is 0. The topological polar surface area (TPSA) is 0 Å². The van der Waals surface area contributed by atoms with E-state index in [0.717, 1.165) is 0 Å². The van der Waals surface area contributed by atoms with Gasteiger partial charge in [-0.15, -0.1) is 9.24 Å². The van der Waals surface area contributed by atoms with Crippen LogP contribution in [-0.4, -0.2) is 11.2 Å². The molecule has 0 aromatic heterocycles. The first kappa shape index (κ1) is 12.6. The highest BCUT2D eigenvalue weighted by molar-refractivity contribution is 7.63. The van der Waals surface area contributed by atoms with Crippen molar-refractivity contribution < 1.29 is 0 Å². The zero-order valence-electron chi connectivity index (χ0n) is 9.23. The maximum atomic E-state index is 2.89. The summed E-state index contributed by atoms with van der Waals surface area (Å²) >= 11 is 0. The molecule has 0 aromatic rings.